The van der Waals surface area contributed by atoms with Gasteiger partial charge < -0.3 is 9.47 Å². The molecule has 118 valence electrons. The number of carbonyl (C=O) groups is 1. The Kier molecular flexibility index (Phi) is 7.23. The number of hydrogen-bond donors (Lipinski definition) is 1. The SMILES string of the molecule is CCCNC(C)(COc1ccccc1CC)C(=O)OCC. The van der Waals surface area contributed by atoms with Crippen molar-refractivity contribution < 1.29 is 14.3 Å². The van der Waals surface area contributed by atoms with Gasteiger partial charge in [-0.1, -0.05) is 32.0 Å². The summed E-state index contributed by atoms with van der Waals surface area (Å²) in [6.45, 7) is 9.15. The third kappa shape index (κ3) is 5.05. The molecule has 4 heteroatoms. The highest BCUT2D eigenvalue weighted by Gasteiger charge is 2.35. The van der Waals surface area contributed by atoms with E-state index in [1.54, 1.807) is 0 Å². The Labute approximate surface area is 127 Å². The number of benzene rings is 1. The Balaban J connectivity index is 2.79. The van der Waals surface area contributed by atoms with E-state index in [0.29, 0.717) is 6.61 Å². The Hall–Kier alpha value is -1.55. The molecule has 0 fully saturated rings. The minimum absolute atomic E-state index is 0.253. The van der Waals surface area contributed by atoms with Crippen molar-refractivity contribution in [2.24, 2.45) is 0 Å². The van der Waals surface area contributed by atoms with Crippen LogP contribution in [0.4, 0.5) is 0 Å². The number of nitrogens with one attached hydrogen (secondary N) is 1. The molecule has 0 aliphatic rings. The van der Waals surface area contributed by atoms with Gasteiger partial charge in [-0.15, -0.1) is 0 Å². The first-order chi connectivity index (χ1) is 10.1. The first-order valence-electron chi connectivity index (χ1n) is 7.70. The lowest BCUT2D eigenvalue weighted by atomic mass is 10.0. The standard InChI is InChI=1S/C17H27NO3/c1-5-12-18-17(4,16(19)20-7-3)13-21-15-11-9-8-10-14(15)6-2/h8-11,18H,5-7,12-13H2,1-4H3. The quantitative estimate of drug-likeness (QED) is 0.711. The molecule has 0 aromatic heterocycles. The van der Waals surface area contributed by atoms with Crippen molar-refractivity contribution >= 4 is 5.97 Å². The molecule has 0 aliphatic carbocycles. The number of ether oxygens (including phenoxy) is 2. The summed E-state index contributed by atoms with van der Waals surface area (Å²) in [5, 5.41) is 3.24. The van der Waals surface area contributed by atoms with Gasteiger partial charge in [0.25, 0.3) is 0 Å². The summed E-state index contributed by atoms with van der Waals surface area (Å²) in [6.07, 6.45) is 1.84. The van der Waals surface area contributed by atoms with E-state index in [4.69, 9.17) is 9.47 Å². The smallest absolute Gasteiger partial charge is 0.329 e. The third-order valence-electron chi connectivity index (χ3n) is 3.36. The van der Waals surface area contributed by atoms with Crippen LogP contribution in [0.3, 0.4) is 0 Å². The molecule has 0 bridgehead atoms. The molecular formula is C17H27NO3. The van der Waals surface area contributed by atoms with Gasteiger partial charge in [-0.05, 0) is 44.9 Å². The summed E-state index contributed by atoms with van der Waals surface area (Å²) in [5.74, 6) is 0.557. The van der Waals surface area contributed by atoms with Gasteiger partial charge in [0.2, 0.25) is 0 Å². The highest BCUT2D eigenvalue weighted by molar-refractivity contribution is 5.80. The highest BCUT2D eigenvalue weighted by Crippen LogP contribution is 2.20. The highest BCUT2D eigenvalue weighted by atomic mass is 16.5. The van der Waals surface area contributed by atoms with Crippen LogP contribution in [0.5, 0.6) is 5.75 Å². The van der Waals surface area contributed by atoms with Crippen molar-refractivity contribution in [3.05, 3.63) is 29.8 Å². The van der Waals surface area contributed by atoms with Gasteiger partial charge in [0, 0.05) is 0 Å². The Morgan fingerprint density at radius 2 is 1.95 bits per heavy atom. The van der Waals surface area contributed by atoms with Gasteiger partial charge in [0.15, 0.2) is 0 Å². The summed E-state index contributed by atoms with van der Waals surface area (Å²) in [6, 6.07) is 7.90. The van der Waals surface area contributed by atoms with Crippen molar-refractivity contribution in [3.63, 3.8) is 0 Å². The lowest BCUT2D eigenvalue weighted by Crippen LogP contribution is -2.55. The molecule has 0 heterocycles. The van der Waals surface area contributed by atoms with Crippen molar-refractivity contribution in [1.82, 2.24) is 5.32 Å². The van der Waals surface area contributed by atoms with Crippen LogP contribution >= 0.6 is 0 Å². The van der Waals surface area contributed by atoms with Crippen molar-refractivity contribution in [2.45, 2.75) is 46.1 Å². The van der Waals surface area contributed by atoms with Gasteiger partial charge in [-0.2, -0.15) is 0 Å². The zero-order chi connectivity index (χ0) is 15.7. The van der Waals surface area contributed by atoms with Crippen molar-refractivity contribution in [1.29, 1.82) is 0 Å². The molecule has 1 N–H and O–H groups in total. The van der Waals surface area contributed by atoms with Gasteiger partial charge in [0.1, 0.15) is 17.9 Å². The molecule has 1 atom stereocenters. The number of aryl methyl sites for hydroxylation is 1. The fraction of sp³-hybridized carbons (Fsp3) is 0.588. The van der Waals surface area contributed by atoms with E-state index >= 15 is 0 Å². The van der Waals surface area contributed by atoms with Crippen LogP contribution in [0.15, 0.2) is 24.3 Å². The van der Waals surface area contributed by atoms with Crippen LogP contribution in [0.1, 0.15) is 39.7 Å². The topological polar surface area (TPSA) is 47.6 Å². The van der Waals surface area contributed by atoms with E-state index < -0.39 is 5.54 Å². The Morgan fingerprint density at radius 1 is 1.24 bits per heavy atom. The normalized spacial score (nSPS) is 13.5. The van der Waals surface area contributed by atoms with Gasteiger partial charge in [-0.3, -0.25) is 5.32 Å². The molecule has 1 aromatic rings. The minimum atomic E-state index is -0.827. The monoisotopic (exact) mass is 293 g/mol. The van der Waals surface area contributed by atoms with Crippen LogP contribution in [0.25, 0.3) is 0 Å². The lowest BCUT2D eigenvalue weighted by molar-refractivity contribution is -0.151. The third-order valence-corrected chi connectivity index (χ3v) is 3.36. The zero-order valence-corrected chi connectivity index (χ0v) is 13.6. The fourth-order valence-corrected chi connectivity index (χ4v) is 2.03. The second-order valence-corrected chi connectivity index (χ2v) is 5.23. The summed E-state index contributed by atoms with van der Waals surface area (Å²) in [5.41, 5.74) is 0.312. The molecule has 1 aromatic carbocycles. The largest absolute Gasteiger partial charge is 0.491 e. The molecule has 0 amide bonds. The predicted octanol–water partition coefficient (Wildman–Crippen LogP) is 2.95. The number of para-hydroxylation sites is 1. The maximum atomic E-state index is 12.2. The fourth-order valence-electron chi connectivity index (χ4n) is 2.03. The maximum Gasteiger partial charge on any atom is 0.329 e. The molecule has 1 unspecified atom stereocenters. The predicted molar refractivity (Wildman–Crippen MR) is 84.6 cm³/mol. The second-order valence-electron chi connectivity index (χ2n) is 5.23. The van der Waals surface area contributed by atoms with E-state index in [1.165, 1.54) is 0 Å². The zero-order valence-electron chi connectivity index (χ0n) is 13.6. The summed E-state index contributed by atoms with van der Waals surface area (Å²) >= 11 is 0. The first-order valence-corrected chi connectivity index (χ1v) is 7.70. The van der Waals surface area contributed by atoms with Crippen LogP contribution in [0.2, 0.25) is 0 Å². The van der Waals surface area contributed by atoms with Crippen LogP contribution in [-0.2, 0) is 16.0 Å². The van der Waals surface area contributed by atoms with Gasteiger partial charge in [0.05, 0.1) is 6.61 Å². The van der Waals surface area contributed by atoms with Crippen LogP contribution in [-0.4, -0.2) is 31.3 Å². The maximum absolute atomic E-state index is 12.2. The number of rotatable bonds is 9. The molecule has 1 rings (SSSR count). The average molecular weight is 293 g/mol. The van der Waals surface area contributed by atoms with E-state index in [9.17, 15) is 4.79 Å². The van der Waals surface area contributed by atoms with Crippen LogP contribution in [0, 0.1) is 0 Å². The average Bonchev–Trinajstić information content (AvgIpc) is 2.51. The van der Waals surface area contributed by atoms with Crippen LogP contribution < -0.4 is 10.1 Å². The second kappa shape index (κ2) is 8.67. The molecule has 0 aliphatic heterocycles. The molecule has 21 heavy (non-hydrogen) atoms. The molecule has 0 saturated carbocycles. The summed E-state index contributed by atoms with van der Waals surface area (Å²) < 4.78 is 11.1. The molecule has 0 spiro atoms. The van der Waals surface area contributed by atoms with E-state index in [2.05, 4.69) is 19.2 Å². The summed E-state index contributed by atoms with van der Waals surface area (Å²) in [4.78, 5) is 12.2. The molecule has 4 nitrogen and oxygen atoms in total. The van der Waals surface area contributed by atoms with E-state index in [-0.39, 0.29) is 12.6 Å². The molecule has 0 radical (unpaired) electrons. The Morgan fingerprint density at radius 3 is 2.57 bits per heavy atom. The number of hydrogen-bond acceptors (Lipinski definition) is 4. The molecule has 0 saturated heterocycles. The number of carbonyl (C=O) groups excluding carboxylic acids is 1. The Bertz CT molecular complexity index is 447. The van der Waals surface area contributed by atoms with Gasteiger partial charge >= 0.3 is 5.97 Å². The molecular weight excluding hydrogens is 266 g/mol. The first kappa shape index (κ1) is 17.5. The lowest BCUT2D eigenvalue weighted by Gasteiger charge is -2.28. The minimum Gasteiger partial charge on any atom is -0.491 e. The summed E-state index contributed by atoms with van der Waals surface area (Å²) in [7, 11) is 0. The van der Waals surface area contributed by atoms with E-state index in [1.807, 2.05) is 38.1 Å². The van der Waals surface area contributed by atoms with Gasteiger partial charge in [-0.25, -0.2) is 4.79 Å². The van der Waals surface area contributed by atoms with Crippen molar-refractivity contribution in [2.75, 3.05) is 19.8 Å². The van der Waals surface area contributed by atoms with E-state index in [0.717, 1.165) is 30.7 Å². The number of esters is 1. The van der Waals surface area contributed by atoms with Crippen molar-refractivity contribution in [3.8, 4) is 5.75 Å².